The van der Waals surface area contributed by atoms with Gasteiger partial charge in [-0.05, 0) is 25.0 Å². The van der Waals surface area contributed by atoms with Crippen LogP contribution in [0, 0.1) is 11.2 Å². The molecule has 6 nitrogen and oxygen atoms in total. The molecule has 0 bridgehead atoms. The van der Waals surface area contributed by atoms with Gasteiger partial charge in [0, 0.05) is 36.2 Å². The highest BCUT2D eigenvalue weighted by Crippen LogP contribution is 2.22. The lowest BCUT2D eigenvalue weighted by atomic mass is 9.93. The molecule has 0 radical (unpaired) electrons. The molecule has 0 atom stereocenters. The Balaban J connectivity index is 1.57. The van der Waals surface area contributed by atoms with Gasteiger partial charge < -0.3 is 14.7 Å². The molecule has 3 rings (SSSR count). The number of hydrogen-bond acceptors (Lipinski definition) is 4. The number of carbonyl (C=O) groups excluding carboxylic acids is 2. The smallest absolute Gasteiger partial charge is 0.290 e. The standard InChI is InChI=1S/C20H24FN3O3/c1-20(2,3)19(26)24-9-7-15(8-10-24)22-18(25)17-12-16(23-27-17)13-5-4-6-14(21)11-13/h4-6,11-12,15H,7-10H2,1-3H3,(H,22,25). The molecular formula is C20H24FN3O3. The predicted octanol–water partition coefficient (Wildman–Crippen LogP) is 3.25. The first-order valence-corrected chi connectivity index (χ1v) is 9.07. The van der Waals surface area contributed by atoms with Gasteiger partial charge in [-0.15, -0.1) is 0 Å². The van der Waals surface area contributed by atoms with Gasteiger partial charge >= 0.3 is 0 Å². The van der Waals surface area contributed by atoms with Crippen molar-refractivity contribution < 1.29 is 18.5 Å². The SMILES string of the molecule is CC(C)(C)C(=O)N1CCC(NC(=O)c2cc(-c3cccc(F)c3)no2)CC1. The first-order valence-electron chi connectivity index (χ1n) is 9.07. The van der Waals surface area contributed by atoms with Gasteiger partial charge in [-0.3, -0.25) is 9.59 Å². The average molecular weight is 373 g/mol. The molecule has 1 N–H and O–H groups in total. The molecule has 2 amide bonds. The van der Waals surface area contributed by atoms with Crippen molar-refractivity contribution in [1.29, 1.82) is 0 Å². The summed E-state index contributed by atoms with van der Waals surface area (Å²) < 4.78 is 18.4. The summed E-state index contributed by atoms with van der Waals surface area (Å²) >= 11 is 0. The van der Waals surface area contributed by atoms with Gasteiger partial charge in [0.05, 0.1) is 0 Å². The first-order chi connectivity index (χ1) is 12.7. The number of benzene rings is 1. The molecule has 1 aliphatic heterocycles. The number of carbonyl (C=O) groups is 2. The van der Waals surface area contributed by atoms with E-state index in [-0.39, 0.29) is 29.4 Å². The van der Waals surface area contributed by atoms with Crippen molar-refractivity contribution in [2.75, 3.05) is 13.1 Å². The van der Waals surface area contributed by atoms with E-state index < -0.39 is 5.41 Å². The molecule has 7 heteroatoms. The van der Waals surface area contributed by atoms with Crippen molar-refractivity contribution >= 4 is 11.8 Å². The third kappa shape index (κ3) is 4.53. The second-order valence-corrected chi connectivity index (χ2v) is 7.88. The lowest BCUT2D eigenvalue weighted by Crippen LogP contribution is -2.49. The summed E-state index contributed by atoms with van der Waals surface area (Å²) in [6.45, 7) is 6.95. The van der Waals surface area contributed by atoms with Crippen molar-refractivity contribution in [3.8, 4) is 11.3 Å². The van der Waals surface area contributed by atoms with Crippen LogP contribution in [0.5, 0.6) is 0 Å². The highest BCUT2D eigenvalue weighted by molar-refractivity contribution is 5.92. The highest BCUT2D eigenvalue weighted by atomic mass is 19.1. The van der Waals surface area contributed by atoms with Gasteiger partial charge in [0.1, 0.15) is 11.5 Å². The molecule has 144 valence electrons. The number of nitrogens with one attached hydrogen (secondary N) is 1. The Bertz CT molecular complexity index is 833. The Morgan fingerprint density at radius 2 is 1.93 bits per heavy atom. The summed E-state index contributed by atoms with van der Waals surface area (Å²) in [5.41, 5.74) is 0.556. The summed E-state index contributed by atoms with van der Waals surface area (Å²) in [5.74, 6) is -0.520. The molecule has 1 saturated heterocycles. The van der Waals surface area contributed by atoms with Crippen LogP contribution >= 0.6 is 0 Å². The number of aromatic nitrogens is 1. The number of halogens is 1. The van der Waals surface area contributed by atoms with Crippen molar-refractivity contribution in [3.63, 3.8) is 0 Å². The zero-order valence-corrected chi connectivity index (χ0v) is 15.8. The number of likely N-dealkylation sites (tertiary alicyclic amines) is 1. The molecule has 1 aromatic heterocycles. The quantitative estimate of drug-likeness (QED) is 0.896. The van der Waals surface area contributed by atoms with Gasteiger partial charge in [0.25, 0.3) is 5.91 Å². The third-order valence-corrected chi connectivity index (χ3v) is 4.61. The third-order valence-electron chi connectivity index (χ3n) is 4.61. The van der Waals surface area contributed by atoms with E-state index in [0.717, 1.165) is 0 Å². The summed E-state index contributed by atoms with van der Waals surface area (Å²) in [6.07, 6.45) is 1.39. The maximum Gasteiger partial charge on any atom is 0.290 e. The molecule has 27 heavy (non-hydrogen) atoms. The van der Waals surface area contributed by atoms with Crippen LogP contribution in [0.1, 0.15) is 44.2 Å². The topological polar surface area (TPSA) is 75.4 Å². The average Bonchev–Trinajstić information content (AvgIpc) is 3.11. The maximum atomic E-state index is 13.3. The molecule has 1 aromatic carbocycles. The van der Waals surface area contributed by atoms with Crippen molar-refractivity contribution in [2.45, 2.75) is 39.7 Å². The van der Waals surface area contributed by atoms with E-state index >= 15 is 0 Å². The van der Waals surface area contributed by atoms with Crippen LogP contribution < -0.4 is 5.32 Å². The van der Waals surface area contributed by atoms with Crippen LogP contribution in [0.15, 0.2) is 34.9 Å². The second-order valence-electron chi connectivity index (χ2n) is 7.88. The summed E-state index contributed by atoms with van der Waals surface area (Å²) in [6, 6.07) is 7.43. The number of piperidine rings is 1. The molecule has 0 spiro atoms. The highest BCUT2D eigenvalue weighted by Gasteiger charge is 2.31. The number of nitrogens with zero attached hydrogens (tertiary/aromatic N) is 2. The molecular weight excluding hydrogens is 349 g/mol. The Labute approximate surface area is 157 Å². The van der Waals surface area contributed by atoms with Crippen LogP contribution in [0.2, 0.25) is 0 Å². The normalized spacial score (nSPS) is 15.6. The maximum absolute atomic E-state index is 13.3. The fourth-order valence-corrected chi connectivity index (χ4v) is 3.12. The molecule has 0 saturated carbocycles. The van der Waals surface area contributed by atoms with E-state index in [2.05, 4.69) is 10.5 Å². The number of amides is 2. The van der Waals surface area contributed by atoms with Gasteiger partial charge in [0.15, 0.2) is 0 Å². The van der Waals surface area contributed by atoms with E-state index in [1.807, 2.05) is 25.7 Å². The van der Waals surface area contributed by atoms with E-state index in [4.69, 9.17) is 4.52 Å². The van der Waals surface area contributed by atoms with Crippen molar-refractivity contribution in [3.05, 3.63) is 41.9 Å². The summed E-state index contributed by atoms with van der Waals surface area (Å²) in [4.78, 5) is 26.6. The van der Waals surface area contributed by atoms with E-state index in [1.54, 1.807) is 12.1 Å². The van der Waals surface area contributed by atoms with Crippen molar-refractivity contribution in [2.24, 2.45) is 5.41 Å². The fraction of sp³-hybridized carbons (Fsp3) is 0.450. The lowest BCUT2D eigenvalue weighted by Gasteiger charge is -2.35. The Morgan fingerprint density at radius 1 is 1.22 bits per heavy atom. The number of hydrogen-bond donors (Lipinski definition) is 1. The molecule has 1 fully saturated rings. The van der Waals surface area contributed by atoms with Crippen LogP contribution in [0.3, 0.4) is 0 Å². The van der Waals surface area contributed by atoms with E-state index in [1.165, 1.54) is 18.2 Å². The zero-order chi connectivity index (χ0) is 19.6. The van der Waals surface area contributed by atoms with E-state index in [0.29, 0.717) is 37.2 Å². The van der Waals surface area contributed by atoms with Gasteiger partial charge in [-0.1, -0.05) is 38.1 Å². The van der Waals surface area contributed by atoms with E-state index in [9.17, 15) is 14.0 Å². The zero-order valence-electron chi connectivity index (χ0n) is 15.8. The second kappa shape index (κ2) is 7.50. The first kappa shape index (κ1) is 19.1. The molecule has 0 unspecified atom stereocenters. The monoisotopic (exact) mass is 373 g/mol. The minimum Gasteiger partial charge on any atom is -0.350 e. The Hall–Kier alpha value is -2.70. The predicted molar refractivity (Wildman–Crippen MR) is 98.4 cm³/mol. The van der Waals surface area contributed by atoms with Crippen molar-refractivity contribution in [1.82, 2.24) is 15.4 Å². The summed E-state index contributed by atoms with van der Waals surface area (Å²) in [5, 5.41) is 6.77. The van der Waals surface area contributed by atoms with Crippen LogP contribution in [0.25, 0.3) is 11.3 Å². The minimum absolute atomic E-state index is 0.0239. The van der Waals surface area contributed by atoms with Gasteiger partial charge in [0.2, 0.25) is 11.7 Å². The number of rotatable bonds is 3. The minimum atomic E-state index is -0.400. The molecule has 1 aliphatic rings. The van der Waals surface area contributed by atoms with Crippen LogP contribution in [-0.4, -0.2) is 41.0 Å². The summed E-state index contributed by atoms with van der Waals surface area (Å²) in [7, 11) is 0. The van der Waals surface area contributed by atoms with Crippen LogP contribution in [0.4, 0.5) is 4.39 Å². The molecule has 2 heterocycles. The molecule has 2 aromatic rings. The fourth-order valence-electron chi connectivity index (χ4n) is 3.12. The largest absolute Gasteiger partial charge is 0.350 e. The lowest BCUT2D eigenvalue weighted by molar-refractivity contribution is -0.140. The Kier molecular flexibility index (Phi) is 5.30. The van der Waals surface area contributed by atoms with Gasteiger partial charge in [-0.2, -0.15) is 0 Å². The molecule has 0 aliphatic carbocycles. The van der Waals surface area contributed by atoms with Crippen LogP contribution in [-0.2, 0) is 4.79 Å². The van der Waals surface area contributed by atoms with Gasteiger partial charge in [-0.25, -0.2) is 4.39 Å². The Morgan fingerprint density at radius 3 is 2.56 bits per heavy atom.